The van der Waals surface area contributed by atoms with E-state index in [4.69, 9.17) is 0 Å². The molecule has 0 aliphatic carbocycles. The molecular weight excluding hydrogens is 306 g/mol. The van der Waals surface area contributed by atoms with E-state index in [0.29, 0.717) is 5.82 Å². The standard InChI is InChI=1S/C13H16BrN5/c14-12-6-4-11(5-7-12)13-15-17-19(16-13)10-18-8-2-1-3-9-18/h4-7H,1-3,8-10H2/p+1. The minimum atomic E-state index is 0.698. The number of likely N-dealkylation sites (tertiary alicyclic amines) is 1. The molecule has 0 bridgehead atoms. The monoisotopic (exact) mass is 322 g/mol. The molecule has 0 saturated carbocycles. The topological polar surface area (TPSA) is 48.0 Å². The molecule has 0 unspecified atom stereocenters. The molecule has 1 N–H and O–H groups in total. The van der Waals surface area contributed by atoms with E-state index in [1.165, 1.54) is 32.4 Å². The quantitative estimate of drug-likeness (QED) is 0.921. The summed E-state index contributed by atoms with van der Waals surface area (Å²) in [6.45, 7) is 3.26. The average molecular weight is 323 g/mol. The Labute approximate surface area is 120 Å². The lowest BCUT2D eigenvalue weighted by molar-refractivity contribution is -0.928. The average Bonchev–Trinajstić information content (AvgIpc) is 2.89. The van der Waals surface area contributed by atoms with Crippen LogP contribution in [0.2, 0.25) is 0 Å². The summed E-state index contributed by atoms with van der Waals surface area (Å²) in [5.74, 6) is 0.698. The SMILES string of the molecule is Brc1ccc(-c2nnn(C[NH+]3CCCCC3)n2)cc1. The third-order valence-corrected chi connectivity index (χ3v) is 4.01. The molecule has 1 aliphatic heterocycles. The third-order valence-electron chi connectivity index (χ3n) is 3.48. The third kappa shape index (κ3) is 3.19. The molecule has 6 heteroatoms. The van der Waals surface area contributed by atoms with Crippen molar-refractivity contribution in [3.05, 3.63) is 28.7 Å². The van der Waals surface area contributed by atoms with Gasteiger partial charge in [0, 0.05) is 10.0 Å². The molecule has 1 aromatic carbocycles. The van der Waals surface area contributed by atoms with Crippen molar-refractivity contribution in [1.82, 2.24) is 20.2 Å². The molecule has 1 aliphatic rings. The number of tetrazole rings is 1. The maximum Gasteiger partial charge on any atom is 0.205 e. The zero-order valence-electron chi connectivity index (χ0n) is 10.7. The van der Waals surface area contributed by atoms with E-state index in [1.54, 1.807) is 9.70 Å². The number of quaternary nitrogens is 1. The van der Waals surface area contributed by atoms with Crippen molar-refractivity contribution in [2.24, 2.45) is 0 Å². The van der Waals surface area contributed by atoms with Crippen LogP contribution in [0.5, 0.6) is 0 Å². The molecule has 3 rings (SSSR count). The van der Waals surface area contributed by atoms with Crippen LogP contribution >= 0.6 is 15.9 Å². The van der Waals surface area contributed by atoms with E-state index in [-0.39, 0.29) is 0 Å². The molecule has 5 nitrogen and oxygen atoms in total. The van der Waals surface area contributed by atoms with Crippen LogP contribution in [0.15, 0.2) is 28.7 Å². The van der Waals surface area contributed by atoms with Crippen LogP contribution in [0.3, 0.4) is 0 Å². The maximum absolute atomic E-state index is 4.46. The summed E-state index contributed by atoms with van der Waals surface area (Å²) in [6.07, 6.45) is 3.98. The summed E-state index contributed by atoms with van der Waals surface area (Å²) in [5.41, 5.74) is 1.00. The van der Waals surface area contributed by atoms with Crippen LogP contribution in [0.1, 0.15) is 19.3 Å². The zero-order chi connectivity index (χ0) is 13.1. The Morgan fingerprint density at radius 3 is 2.58 bits per heavy atom. The van der Waals surface area contributed by atoms with E-state index in [0.717, 1.165) is 16.7 Å². The Bertz CT molecular complexity index is 530. The molecule has 1 aromatic heterocycles. The normalized spacial score (nSPS) is 16.7. The smallest absolute Gasteiger partial charge is 0.205 e. The second-order valence-electron chi connectivity index (χ2n) is 4.96. The molecule has 0 radical (unpaired) electrons. The highest BCUT2D eigenvalue weighted by molar-refractivity contribution is 9.10. The Kier molecular flexibility index (Phi) is 3.89. The highest BCUT2D eigenvalue weighted by atomic mass is 79.9. The molecule has 2 aromatic rings. The first-order valence-electron chi connectivity index (χ1n) is 6.68. The largest absolute Gasteiger partial charge is 0.315 e. The highest BCUT2D eigenvalue weighted by Crippen LogP contribution is 2.17. The number of nitrogens with zero attached hydrogens (tertiary/aromatic N) is 4. The van der Waals surface area contributed by atoms with Gasteiger partial charge in [-0.15, -0.1) is 15.0 Å². The molecular formula is C13H17BrN5+. The summed E-state index contributed by atoms with van der Waals surface area (Å²) in [4.78, 5) is 3.27. The van der Waals surface area contributed by atoms with Gasteiger partial charge in [0.25, 0.3) is 0 Å². The van der Waals surface area contributed by atoms with Crippen LogP contribution in [0.25, 0.3) is 11.4 Å². The van der Waals surface area contributed by atoms with Gasteiger partial charge in [-0.25, -0.2) is 0 Å². The van der Waals surface area contributed by atoms with Gasteiger partial charge in [0.2, 0.25) is 5.82 Å². The van der Waals surface area contributed by atoms with Gasteiger partial charge in [0.1, 0.15) is 0 Å². The van der Waals surface area contributed by atoms with E-state index in [2.05, 4.69) is 31.3 Å². The minimum Gasteiger partial charge on any atom is -0.315 e. The summed E-state index contributed by atoms with van der Waals surface area (Å²) < 4.78 is 1.06. The number of benzene rings is 1. The van der Waals surface area contributed by atoms with Crippen LogP contribution in [0.4, 0.5) is 0 Å². The van der Waals surface area contributed by atoms with Gasteiger partial charge < -0.3 is 4.90 Å². The molecule has 100 valence electrons. The van der Waals surface area contributed by atoms with Crippen LogP contribution in [0, 0.1) is 0 Å². The van der Waals surface area contributed by atoms with Crippen molar-refractivity contribution in [3.63, 3.8) is 0 Å². The van der Waals surface area contributed by atoms with Crippen molar-refractivity contribution >= 4 is 15.9 Å². The fourth-order valence-corrected chi connectivity index (χ4v) is 2.70. The molecule has 0 amide bonds. The van der Waals surface area contributed by atoms with Crippen molar-refractivity contribution in [3.8, 4) is 11.4 Å². The summed E-state index contributed by atoms with van der Waals surface area (Å²) in [5, 5.41) is 12.7. The Balaban J connectivity index is 1.70. The second kappa shape index (κ2) is 5.79. The van der Waals surface area contributed by atoms with E-state index >= 15 is 0 Å². The highest BCUT2D eigenvalue weighted by Gasteiger charge is 2.15. The van der Waals surface area contributed by atoms with Crippen molar-refractivity contribution in [1.29, 1.82) is 0 Å². The lowest BCUT2D eigenvalue weighted by Gasteiger charge is -2.22. The lowest BCUT2D eigenvalue weighted by atomic mass is 10.1. The molecule has 19 heavy (non-hydrogen) atoms. The first-order valence-corrected chi connectivity index (χ1v) is 7.48. The predicted molar refractivity (Wildman–Crippen MR) is 75.5 cm³/mol. The Morgan fingerprint density at radius 1 is 1.11 bits per heavy atom. The van der Waals surface area contributed by atoms with Crippen molar-refractivity contribution in [2.75, 3.05) is 13.1 Å². The van der Waals surface area contributed by atoms with Crippen LogP contribution < -0.4 is 4.90 Å². The number of piperidine rings is 1. The van der Waals surface area contributed by atoms with Gasteiger partial charge in [-0.2, -0.15) is 0 Å². The first-order chi connectivity index (χ1) is 9.31. The molecule has 1 fully saturated rings. The Morgan fingerprint density at radius 2 is 1.84 bits per heavy atom. The predicted octanol–water partition coefficient (Wildman–Crippen LogP) is 1.13. The maximum atomic E-state index is 4.46. The lowest BCUT2D eigenvalue weighted by Crippen LogP contribution is -3.12. The Hall–Kier alpha value is -1.27. The van der Waals surface area contributed by atoms with Gasteiger partial charge in [0.15, 0.2) is 6.67 Å². The number of rotatable bonds is 3. The van der Waals surface area contributed by atoms with Gasteiger partial charge >= 0.3 is 0 Å². The molecule has 0 atom stereocenters. The van der Waals surface area contributed by atoms with Crippen LogP contribution in [-0.2, 0) is 6.67 Å². The van der Waals surface area contributed by atoms with Gasteiger partial charge in [-0.05, 0) is 48.7 Å². The number of nitrogens with one attached hydrogen (secondary N) is 1. The molecule has 0 spiro atoms. The van der Waals surface area contributed by atoms with Crippen molar-refractivity contribution in [2.45, 2.75) is 25.9 Å². The van der Waals surface area contributed by atoms with E-state index < -0.39 is 0 Å². The second-order valence-corrected chi connectivity index (χ2v) is 5.88. The molecule has 1 saturated heterocycles. The van der Waals surface area contributed by atoms with E-state index in [1.807, 2.05) is 24.3 Å². The summed E-state index contributed by atoms with van der Waals surface area (Å²) in [7, 11) is 0. The van der Waals surface area contributed by atoms with Crippen molar-refractivity contribution < 1.29 is 4.90 Å². The fourth-order valence-electron chi connectivity index (χ4n) is 2.43. The fraction of sp³-hybridized carbons (Fsp3) is 0.462. The minimum absolute atomic E-state index is 0.698. The van der Waals surface area contributed by atoms with Gasteiger partial charge in [-0.3, -0.25) is 0 Å². The van der Waals surface area contributed by atoms with Gasteiger partial charge in [0.05, 0.1) is 13.1 Å². The zero-order valence-corrected chi connectivity index (χ0v) is 12.3. The first kappa shape index (κ1) is 12.7. The number of hydrogen-bond donors (Lipinski definition) is 1. The number of hydrogen-bond acceptors (Lipinski definition) is 3. The van der Waals surface area contributed by atoms with Crippen LogP contribution in [-0.4, -0.2) is 33.3 Å². The number of halogens is 1. The summed E-state index contributed by atoms with van der Waals surface area (Å²) in [6, 6.07) is 7.98. The summed E-state index contributed by atoms with van der Waals surface area (Å²) >= 11 is 3.42. The number of aromatic nitrogens is 4. The van der Waals surface area contributed by atoms with Gasteiger partial charge in [-0.1, -0.05) is 15.9 Å². The molecule has 2 heterocycles. The van der Waals surface area contributed by atoms with E-state index in [9.17, 15) is 0 Å².